The zero-order valence-corrected chi connectivity index (χ0v) is 15.4. The van der Waals surface area contributed by atoms with Gasteiger partial charge >= 0.3 is 6.18 Å². The highest BCUT2D eigenvalue weighted by atomic mass is 35.5. The van der Waals surface area contributed by atoms with Crippen LogP contribution in [0, 0.1) is 5.92 Å². The van der Waals surface area contributed by atoms with E-state index in [0.717, 1.165) is 16.7 Å². The molecule has 1 fully saturated rings. The van der Waals surface area contributed by atoms with Crippen molar-refractivity contribution in [3.05, 3.63) is 30.6 Å². The van der Waals surface area contributed by atoms with Gasteiger partial charge in [-0.3, -0.25) is 14.8 Å². The van der Waals surface area contributed by atoms with Gasteiger partial charge < -0.3 is 16.0 Å². The van der Waals surface area contributed by atoms with Crippen molar-refractivity contribution in [2.24, 2.45) is 11.7 Å². The van der Waals surface area contributed by atoms with Crippen LogP contribution in [0.4, 0.5) is 18.9 Å². The van der Waals surface area contributed by atoms with E-state index in [1.54, 1.807) is 12.4 Å². The molecule has 1 amide bonds. The van der Waals surface area contributed by atoms with Crippen molar-refractivity contribution in [2.45, 2.75) is 31.6 Å². The summed E-state index contributed by atoms with van der Waals surface area (Å²) in [6.45, 7) is 3.09. The van der Waals surface area contributed by atoms with Crippen LogP contribution in [-0.2, 0) is 4.79 Å². The Hall–Kier alpha value is -2.13. The van der Waals surface area contributed by atoms with Gasteiger partial charge in [0.05, 0.1) is 11.2 Å². The first-order chi connectivity index (χ1) is 12.3. The number of carbonyl (C=O) groups excluding carboxylic acids is 1. The number of nitrogens with zero attached hydrogens (tertiary/aromatic N) is 3. The average molecular weight is 404 g/mol. The van der Waals surface area contributed by atoms with Crippen molar-refractivity contribution >= 4 is 35.0 Å². The number of nitrogens with one attached hydrogen (secondary N) is 1. The lowest BCUT2D eigenvalue weighted by Gasteiger charge is -2.38. The quantitative estimate of drug-likeness (QED) is 0.821. The average Bonchev–Trinajstić information content (AvgIpc) is 2.59. The van der Waals surface area contributed by atoms with E-state index in [1.807, 2.05) is 30.0 Å². The molecule has 1 unspecified atom stereocenters. The monoisotopic (exact) mass is 403 g/mol. The van der Waals surface area contributed by atoms with Crippen LogP contribution in [0.1, 0.15) is 13.3 Å². The summed E-state index contributed by atoms with van der Waals surface area (Å²) in [5.74, 6) is -1.02. The third-order valence-corrected chi connectivity index (χ3v) is 4.46. The smallest absolute Gasteiger partial charge is 0.367 e. The second kappa shape index (κ2) is 8.26. The van der Waals surface area contributed by atoms with E-state index < -0.39 is 24.2 Å². The number of hydrogen-bond acceptors (Lipinski definition) is 5. The lowest BCUT2D eigenvalue weighted by Crippen LogP contribution is -2.57. The number of fused-ring (bicyclic) bond motifs is 1. The maximum absolute atomic E-state index is 12.6. The Balaban J connectivity index is 0.00000261. The van der Waals surface area contributed by atoms with Gasteiger partial charge in [0.2, 0.25) is 5.91 Å². The molecule has 3 atom stereocenters. The molecule has 3 rings (SSSR count). The van der Waals surface area contributed by atoms with Gasteiger partial charge in [-0.25, -0.2) is 0 Å². The highest BCUT2D eigenvalue weighted by Crippen LogP contribution is 2.28. The molecular weight excluding hydrogens is 383 g/mol. The van der Waals surface area contributed by atoms with Gasteiger partial charge in [-0.2, -0.15) is 13.2 Å². The molecule has 148 valence electrons. The molecule has 1 saturated heterocycles. The minimum absolute atomic E-state index is 0. The second-order valence-corrected chi connectivity index (χ2v) is 6.67. The summed E-state index contributed by atoms with van der Waals surface area (Å²) < 4.78 is 37.9. The van der Waals surface area contributed by atoms with Crippen LogP contribution in [-0.4, -0.2) is 47.2 Å². The molecule has 6 nitrogen and oxygen atoms in total. The molecule has 1 aromatic heterocycles. The minimum Gasteiger partial charge on any atom is -0.367 e. The summed E-state index contributed by atoms with van der Waals surface area (Å²) in [6.07, 6.45) is -0.966. The lowest BCUT2D eigenvalue weighted by atomic mass is 9.95. The number of amides is 1. The van der Waals surface area contributed by atoms with E-state index in [9.17, 15) is 18.0 Å². The molecular formula is C17H21ClF3N5O. The Morgan fingerprint density at radius 3 is 2.70 bits per heavy atom. The Morgan fingerprint density at radius 1 is 1.30 bits per heavy atom. The third kappa shape index (κ3) is 4.78. The molecule has 2 heterocycles. The molecule has 0 bridgehead atoms. The molecule has 1 aliphatic rings. The summed E-state index contributed by atoms with van der Waals surface area (Å²) in [6, 6.07) is 2.66. The first kappa shape index (κ1) is 21.2. The second-order valence-electron chi connectivity index (χ2n) is 6.67. The molecule has 0 spiro atoms. The zero-order chi connectivity index (χ0) is 18.9. The normalized spacial score (nSPS) is 21.4. The maximum Gasteiger partial charge on any atom is 0.412 e. The Bertz CT molecular complexity index is 798. The SMILES string of the molecule is C[C@H]1C[C@@H](NC(=O)C(N)C(F)(F)F)CN(c2cccc3nccnc23)C1.Cl. The van der Waals surface area contributed by atoms with E-state index in [1.165, 1.54) is 0 Å². The Kier molecular flexibility index (Phi) is 6.48. The summed E-state index contributed by atoms with van der Waals surface area (Å²) in [5, 5.41) is 2.44. The number of aromatic nitrogens is 2. The van der Waals surface area contributed by atoms with Gasteiger partial charge in [-0.05, 0) is 24.5 Å². The van der Waals surface area contributed by atoms with Crippen LogP contribution in [0.25, 0.3) is 11.0 Å². The van der Waals surface area contributed by atoms with Crippen LogP contribution < -0.4 is 16.0 Å². The van der Waals surface area contributed by atoms with Crippen LogP contribution in [0.2, 0.25) is 0 Å². The van der Waals surface area contributed by atoms with E-state index in [4.69, 9.17) is 5.73 Å². The van der Waals surface area contributed by atoms with Crippen molar-refractivity contribution < 1.29 is 18.0 Å². The van der Waals surface area contributed by atoms with Gasteiger partial charge in [0.25, 0.3) is 0 Å². The Labute approximate surface area is 160 Å². The molecule has 2 aromatic rings. The van der Waals surface area contributed by atoms with Gasteiger partial charge in [-0.1, -0.05) is 13.0 Å². The molecule has 3 N–H and O–H groups in total. The number of hydrogen-bond donors (Lipinski definition) is 2. The summed E-state index contributed by atoms with van der Waals surface area (Å²) in [7, 11) is 0. The molecule has 10 heteroatoms. The Morgan fingerprint density at radius 2 is 2.00 bits per heavy atom. The number of piperidine rings is 1. The molecule has 27 heavy (non-hydrogen) atoms. The van der Waals surface area contributed by atoms with Crippen molar-refractivity contribution in [1.82, 2.24) is 15.3 Å². The predicted molar refractivity (Wildman–Crippen MR) is 98.7 cm³/mol. The molecule has 0 radical (unpaired) electrons. The number of anilines is 1. The van der Waals surface area contributed by atoms with Crippen molar-refractivity contribution in [3.63, 3.8) is 0 Å². The van der Waals surface area contributed by atoms with Crippen LogP contribution in [0.15, 0.2) is 30.6 Å². The van der Waals surface area contributed by atoms with Gasteiger partial charge in [0.1, 0.15) is 5.52 Å². The molecule has 0 saturated carbocycles. The van der Waals surface area contributed by atoms with Crippen molar-refractivity contribution in [3.8, 4) is 0 Å². The zero-order valence-electron chi connectivity index (χ0n) is 14.6. The van der Waals surface area contributed by atoms with Gasteiger partial charge in [0.15, 0.2) is 6.04 Å². The standard InChI is InChI=1S/C17H20F3N5O.ClH/c1-10-7-11(24-16(26)15(21)17(18,19)20)9-25(8-10)13-4-2-3-12-14(13)23-6-5-22-12;/h2-6,10-11,15H,7-9,21H2,1H3,(H,24,26);1H/t10-,11+,15?;/m0./s1. The summed E-state index contributed by atoms with van der Waals surface area (Å²) in [5.41, 5.74) is 7.31. The molecule has 1 aliphatic heterocycles. The van der Waals surface area contributed by atoms with Gasteiger partial charge in [-0.15, -0.1) is 12.4 Å². The largest absolute Gasteiger partial charge is 0.412 e. The van der Waals surface area contributed by atoms with Crippen molar-refractivity contribution in [2.75, 3.05) is 18.0 Å². The third-order valence-electron chi connectivity index (χ3n) is 4.46. The highest BCUT2D eigenvalue weighted by molar-refractivity contribution is 5.88. The number of rotatable bonds is 3. The number of halogens is 4. The molecule has 1 aromatic carbocycles. The predicted octanol–water partition coefficient (Wildman–Crippen LogP) is 2.27. The topological polar surface area (TPSA) is 84.1 Å². The summed E-state index contributed by atoms with van der Waals surface area (Å²) >= 11 is 0. The maximum atomic E-state index is 12.6. The lowest BCUT2D eigenvalue weighted by molar-refractivity contribution is -0.163. The van der Waals surface area contributed by atoms with E-state index in [2.05, 4.69) is 15.3 Å². The highest BCUT2D eigenvalue weighted by Gasteiger charge is 2.43. The fraction of sp³-hybridized carbons (Fsp3) is 0.471. The molecule has 0 aliphatic carbocycles. The number of nitrogens with two attached hydrogens (primary N) is 1. The van der Waals surface area contributed by atoms with Crippen LogP contribution in [0.5, 0.6) is 0 Å². The van der Waals surface area contributed by atoms with Crippen LogP contribution >= 0.6 is 12.4 Å². The summed E-state index contributed by atoms with van der Waals surface area (Å²) in [4.78, 5) is 22.5. The van der Waals surface area contributed by atoms with Crippen molar-refractivity contribution in [1.29, 1.82) is 0 Å². The van der Waals surface area contributed by atoms with E-state index in [0.29, 0.717) is 19.5 Å². The first-order valence-electron chi connectivity index (χ1n) is 8.33. The minimum atomic E-state index is -4.75. The van der Waals surface area contributed by atoms with E-state index in [-0.39, 0.29) is 18.3 Å². The number of para-hydroxylation sites is 1. The number of alkyl halides is 3. The fourth-order valence-corrected chi connectivity index (χ4v) is 3.33. The number of benzene rings is 1. The fourth-order valence-electron chi connectivity index (χ4n) is 3.33. The first-order valence-corrected chi connectivity index (χ1v) is 8.33. The number of carbonyl (C=O) groups is 1. The van der Waals surface area contributed by atoms with Gasteiger partial charge in [0, 0.05) is 31.5 Å². The van der Waals surface area contributed by atoms with E-state index >= 15 is 0 Å². The van der Waals surface area contributed by atoms with Crippen LogP contribution in [0.3, 0.4) is 0 Å².